The smallest absolute Gasteiger partial charge is 0.234 e. The van der Waals surface area contributed by atoms with Crippen LogP contribution in [0.4, 0.5) is 0 Å². The quantitative estimate of drug-likeness (QED) is 0.859. The second-order valence-electron chi connectivity index (χ2n) is 5.56. The van der Waals surface area contributed by atoms with Gasteiger partial charge in [0.15, 0.2) is 0 Å². The van der Waals surface area contributed by atoms with Crippen LogP contribution < -0.4 is 11.1 Å². The summed E-state index contributed by atoms with van der Waals surface area (Å²) in [5, 5.41) is 2.86. The zero-order chi connectivity index (χ0) is 14.4. The first-order chi connectivity index (χ1) is 9.70. The second-order valence-corrected chi connectivity index (χ2v) is 5.56. The maximum absolute atomic E-state index is 11.3. The number of hydrogen-bond acceptors (Lipinski definition) is 3. The molecule has 0 aliphatic carbocycles. The molecule has 20 heavy (non-hydrogen) atoms. The lowest BCUT2D eigenvalue weighted by Crippen LogP contribution is -2.37. The third-order valence-electron chi connectivity index (χ3n) is 4.09. The number of carbonyl (C=O) groups excluding carboxylic acids is 1. The van der Waals surface area contributed by atoms with E-state index >= 15 is 0 Å². The van der Waals surface area contributed by atoms with Gasteiger partial charge in [-0.25, -0.2) is 0 Å². The third-order valence-corrected chi connectivity index (χ3v) is 4.09. The van der Waals surface area contributed by atoms with Crippen LogP contribution in [0.1, 0.15) is 37.3 Å². The normalized spacial score (nSPS) is 19.8. The number of carbonyl (C=O) groups is 1. The summed E-state index contributed by atoms with van der Waals surface area (Å²) in [7, 11) is 0. The molecule has 0 radical (unpaired) electrons. The van der Waals surface area contributed by atoms with Crippen molar-refractivity contribution in [3.63, 3.8) is 0 Å². The van der Waals surface area contributed by atoms with Crippen LogP contribution >= 0.6 is 0 Å². The van der Waals surface area contributed by atoms with Crippen molar-refractivity contribution in [1.82, 2.24) is 10.2 Å². The Balaban J connectivity index is 2.01. The molecule has 1 aromatic carbocycles. The maximum atomic E-state index is 11.3. The fourth-order valence-corrected chi connectivity index (χ4v) is 2.76. The summed E-state index contributed by atoms with van der Waals surface area (Å²) in [4.78, 5) is 13.8. The minimum atomic E-state index is -0.105. The van der Waals surface area contributed by atoms with Crippen LogP contribution in [0.2, 0.25) is 0 Å². The summed E-state index contributed by atoms with van der Waals surface area (Å²) >= 11 is 0. The highest BCUT2D eigenvalue weighted by atomic mass is 16.1. The fourth-order valence-electron chi connectivity index (χ4n) is 2.76. The largest absolute Gasteiger partial charge is 0.351 e. The summed E-state index contributed by atoms with van der Waals surface area (Å²) in [6.07, 6.45) is 3.91. The summed E-state index contributed by atoms with van der Waals surface area (Å²) in [5.41, 5.74) is 7.81. The molecule has 1 saturated heterocycles. The van der Waals surface area contributed by atoms with Gasteiger partial charge in [0.2, 0.25) is 5.91 Å². The molecule has 0 saturated carbocycles. The van der Waals surface area contributed by atoms with Gasteiger partial charge in [-0.3, -0.25) is 9.69 Å². The molecule has 1 heterocycles. The van der Waals surface area contributed by atoms with Crippen molar-refractivity contribution < 1.29 is 4.79 Å². The number of benzene rings is 1. The molecule has 0 spiro atoms. The molecule has 1 aliphatic heterocycles. The summed E-state index contributed by atoms with van der Waals surface area (Å²) in [5.74, 6) is -0.105. The van der Waals surface area contributed by atoms with Crippen molar-refractivity contribution in [2.45, 2.75) is 45.3 Å². The van der Waals surface area contributed by atoms with Crippen molar-refractivity contribution in [3.05, 3.63) is 35.4 Å². The van der Waals surface area contributed by atoms with E-state index in [1.165, 1.54) is 36.9 Å². The Bertz CT molecular complexity index is 447. The third kappa shape index (κ3) is 4.05. The van der Waals surface area contributed by atoms with Crippen LogP contribution in [-0.4, -0.2) is 29.9 Å². The van der Waals surface area contributed by atoms with Gasteiger partial charge in [0, 0.05) is 19.1 Å². The molecule has 1 aromatic rings. The summed E-state index contributed by atoms with van der Waals surface area (Å²) in [6.45, 7) is 5.05. The van der Waals surface area contributed by atoms with E-state index in [2.05, 4.69) is 35.3 Å². The molecule has 0 bridgehead atoms. The number of piperidine rings is 1. The van der Waals surface area contributed by atoms with Crippen LogP contribution in [0, 0.1) is 0 Å². The Morgan fingerprint density at radius 2 is 2.10 bits per heavy atom. The van der Waals surface area contributed by atoms with Crippen molar-refractivity contribution in [1.29, 1.82) is 0 Å². The first-order valence-corrected chi connectivity index (χ1v) is 7.48. The van der Waals surface area contributed by atoms with Gasteiger partial charge in [0.1, 0.15) is 0 Å². The second kappa shape index (κ2) is 7.41. The number of amides is 1. The highest BCUT2D eigenvalue weighted by Gasteiger charge is 2.19. The highest BCUT2D eigenvalue weighted by Crippen LogP contribution is 2.20. The van der Waals surface area contributed by atoms with Crippen LogP contribution in [0.3, 0.4) is 0 Å². The minimum absolute atomic E-state index is 0.0470. The molecule has 4 nitrogen and oxygen atoms in total. The summed E-state index contributed by atoms with van der Waals surface area (Å²) in [6, 6.07) is 8.98. The lowest BCUT2D eigenvalue weighted by molar-refractivity contribution is -0.119. The molecule has 1 atom stereocenters. The average molecular weight is 275 g/mol. The summed E-state index contributed by atoms with van der Waals surface area (Å²) < 4.78 is 0. The van der Waals surface area contributed by atoms with E-state index in [0.717, 1.165) is 6.54 Å². The van der Waals surface area contributed by atoms with E-state index in [9.17, 15) is 4.79 Å². The first-order valence-electron chi connectivity index (χ1n) is 7.48. The Kier molecular flexibility index (Phi) is 5.56. The molecular weight excluding hydrogens is 250 g/mol. The number of nitrogens with zero attached hydrogens (tertiary/aromatic N) is 1. The molecule has 1 fully saturated rings. The van der Waals surface area contributed by atoms with Crippen LogP contribution in [0.5, 0.6) is 0 Å². The van der Waals surface area contributed by atoms with Crippen LogP contribution in [-0.2, 0) is 17.9 Å². The predicted octanol–water partition coefficient (Wildman–Crippen LogP) is 1.64. The minimum Gasteiger partial charge on any atom is -0.351 e. The molecule has 0 unspecified atom stereocenters. The maximum Gasteiger partial charge on any atom is 0.234 e. The lowest BCUT2D eigenvalue weighted by Gasteiger charge is -2.33. The van der Waals surface area contributed by atoms with E-state index in [4.69, 9.17) is 5.73 Å². The lowest BCUT2D eigenvalue weighted by atomic mass is 10.0. The van der Waals surface area contributed by atoms with Crippen molar-refractivity contribution in [2.75, 3.05) is 13.1 Å². The molecule has 3 N–H and O–H groups in total. The average Bonchev–Trinajstić information content (AvgIpc) is 2.48. The zero-order valence-electron chi connectivity index (χ0n) is 12.3. The van der Waals surface area contributed by atoms with E-state index in [0.29, 0.717) is 12.6 Å². The first kappa shape index (κ1) is 15.0. The topological polar surface area (TPSA) is 58.4 Å². The van der Waals surface area contributed by atoms with Gasteiger partial charge in [-0.05, 0) is 37.4 Å². The van der Waals surface area contributed by atoms with E-state index in [1.807, 2.05) is 6.07 Å². The van der Waals surface area contributed by atoms with Gasteiger partial charge in [0.25, 0.3) is 0 Å². The molecule has 0 aromatic heterocycles. The monoisotopic (exact) mass is 275 g/mol. The standard InChI is InChI=1S/C16H25N3O/c1-13-6-4-5-9-19(13)12-15-8-3-2-7-14(15)11-18-16(20)10-17/h2-3,7-8,13H,4-6,9-12,17H2,1H3,(H,18,20)/t13-/m0/s1. The van der Waals surface area contributed by atoms with E-state index < -0.39 is 0 Å². The van der Waals surface area contributed by atoms with Crippen LogP contribution in [0.15, 0.2) is 24.3 Å². The Hall–Kier alpha value is -1.39. The SMILES string of the molecule is C[C@H]1CCCCN1Cc1ccccc1CNC(=O)CN. The number of likely N-dealkylation sites (tertiary alicyclic amines) is 1. The molecule has 2 rings (SSSR count). The van der Waals surface area contributed by atoms with Gasteiger partial charge in [0.05, 0.1) is 6.54 Å². The molecule has 4 heteroatoms. The van der Waals surface area contributed by atoms with Gasteiger partial charge >= 0.3 is 0 Å². The number of nitrogens with two attached hydrogens (primary N) is 1. The number of rotatable bonds is 5. The van der Waals surface area contributed by atoms with Gasteiger partial charge < -0.3 is 11.1 Å². The molecule has 1 amide bonds. The Labute approximate surface area is 121 Å². The Morgan fingerprint density at radius 3 is 2.80 bits per heavy atom. The van der Waals surface area contributed by atoms with Crippen molar-refractivity contribution in [2.24, 2.45) is 5.73 Å². The fraction of sp³-hybridized carbons (Fsp3) is 0.562. The number of nitrogens with one attached hydrogen (secondary N) is 1. The van der Waals surface area contributed by atoms with Gasteiger partial charge in [-0.1, -0.05) is 30.7 Å². The van der Waals surface area contributed by atoms with Gasteiger partial charge in [-0.15, -0.1) is 0 Å². The zero-order valence-corrected chi connectivity index (χ0v) is 12.3. The molecule has 1 aliphatic rings. The molecular formula is C16H25N3O. The Morgan fingerprint density at radius 1 is 1.35 bits per heavy atom. The van der Waals surface area contributed by atoms with E-state index in [-0.39, 0.29) is 12.5 Å². The molecule has 110 valence electrons. The van der Waals surface area contributed by atoms with Gasteiger partial charge in [-0.2, -0.15) is 0 Å². The highest BCUT2D eigenvalue weighted by molar-refractivity contribution is 5.77. The number of hydrogen-bond donors (Lipinski definition) is 2. The van der Waals surface area contributed by atoms with Crippen molar-refractivity contribution >= 4 is 5.91 Å². The van der Waals surface area contributed by atoms with Crippen molar-refractivity contribution in [3.8, 4) is 0 Å². The van der Waals surface area contributed by atoms with E-state index in [1.54, 1.807) is 0 Å². The predicted molar refractivity (Wildman–Crippen MR) is 81.1 cm³/mol. The van der Waals surface area contributed by atoms with Crippen LogP contribution in [0.25, 0.3) is 0 Å².